The molecule has 0 saturated heterocycles. The highest BCUT2D eigenvalue weighted by atomic mass is 33.1. The Labute approximate surface area is 267 Å². The van der Waals surface area contributed by atoms with E-state index in [0.717, 1.165) is 31.2 Å². The predicted molar refractivity (Wildman–Crippen MR) is 174 cm³/mol. The van der Waals surface area contributed by atoms with Crippen molar-refractivity contribution in [3.63, 3.8) is 0 Å². The Morgan fingerprint density at radius 2 is 1.45 bits per heavy atom. The fourth-order valence-corrected chi connectivity index (χ4v) is 6.13. The monoisotopic (exact) mass is 651 g/mol. The van der Waals surface area contributed by atoms with Crippen LogP contribution in [0.25, 0.3) is 0 Å². The summed E-state index contributed by atoms with van der Waals surface area (Å²) in [5, 5.41) is 24.8. The fraction of sp³-hybridized carbons (Fsp3) is 0.586. The number of hydrogen-bond donors (Lipinski definition) is 6. The van der Waals surface area contributed by atoms with Crippen LogP contribution in [0.1, 0.15) is 45.1 Å². The lowest BCUT2D eigenvalue weighted by molar-refractivity contribution is -0.131. The van der Waals surface area contributed by atoms with Gasteiger partial charge in [0, 0.05) is 37.9 Å². The summed E-state index contributed by atoms with van der Waals surface area (Å²) in [6.45, 7) is 4.55. The van der Waals surface area contributed by atoms with E-state index in [1.165, 1.54) is 26.5 Å². The molecule has 6 N–H and O–H groups in total. The number of guanidine groups is 2. The smallest absolute Gasteiger partial charge is 0.413 e. The van der Waals surface area contributed by atoms with E-state index in [2.05, 4.69) is 35.1 Å². The van der Waals surface area contributed by atoms with Crippen LogP contribution in [0.2, 0.25) is 0 Å². The van der Waals surface area contributed by atoms with E-state index in [1.54, 1.807) is 14.1 Å². The summed E-state index contributed by atoms with van der Waals surface area (Å²) in [5.41, 5.74) is 0.861. The molecule has 13 nitrogen and oxygen atoms in total. The van der Waals surface area contributed by atoms with Crippen LogP contribution in [0.5, 0.6) is 0 Å². The molecule has 0 unspecified atom stereocenters. The summed E-state index contributed by atoms with van der Waals surface area (Å²) in [5.74, 6) is 0.726. The molecule has 0 spiro atoms. The molecular weight excluding hydrogens is 606 g/mol. The number of ether oxygens (including phenoxy) is 2. The van der Waals surface area contributed by atoms with Gasteiger partial charge in [-0.15, -0.1) is 0 Å². The molecule has 0 aromatic heterocycles. The molecule has 1 aliphatic carbocycles. The average Bonchev–Trinajstić information content (AvgIpc) is 2.98. The zero-order chi connectivity index (χ0) is 32.5. The second-order valence-corrected chi connectivity index (χ2v) is 13.6. The first-order valence-corrected chi connectivity index (χ1v) is 17.1. The highest BCUT2D eigenvalue weighted by Crippen LogP contribution is 2.33. The summed E-state index contributed by atoms with van der Waals surface area (Å²) < 4.78 is 10.1. The number of nitrogens with zero attached hydrogens (tertiary/aromatic N) is 1. The predicted octanol–water partition coefficient (Wildman–Crippen LogP) is 3.56. The van der Waals surface area contributed by atoms with Gasteiger partial charge >= 0.3 is 12.2 Å². The van der Waals surface area contributed by atoms with E-state index in [4.69, 9.17) is 20.3 Å². The van der Waals surface area contributed by atoms with E-state index in [9.17, 15) is 19.2 Å². The Morgan fingerprint density at radius 3 is 2.00 bits per heavy atom. The first kappa shape index (κ1) is 36.7. The zero-order valence-corrected chi connectivity index (χ0v) is 27.4. The molecule has 1 aromatic rings. The molecule has 15 heteroatoms. The summed E-state index contributed by atoms with van der Waals surface area (Å²) in [6, 6.07) is 8.40. The number of carbonyl (C=O) groups is 4. The molecule has 244 valence electrons. The highest BCUT2D eigenvalue weighted by Gasteiger charge is 2.31. The van der Waals surface area contributed by atoms with Gasteiger partial charge in [-0.1, -0.05) is 65.8 Å². The van der Waals surface area contributed by atoms with Gasteiger partial charge in [-0.05, 0) is 43.1 Å². The molecule has 2 rings (SSSR count). The standard InChI is InChI=1S/C29H45N7O6S2/c1-19(2)21-10-12-22(13-11-21)24(37)32-23(18-20-8-6-5-7-9-20)25(38)33-28(39)41-14-16-43-44-17-15-42-29(40)35-26(30)34-27(31)36(3)4/h5-9,19,21-23H,10-18H2,1-4H3,(H,32,37)(H,33,38,39)(H4,30,31,34,35,40)/t21-,22-,23-/m1/s1. The topological polar surface area (TPSA) is 186 Å². The van der Waals surface area contributed by atoms with Crippen LogP contribution >= 0.6 is 21.6 Å². The van der Waals surface area contributed by atoms with Crippen molar-refractivity contribution in [2.75, 3.05) is 38.8 Å². The van der Waals surface area contributed by atoms with Gasteiger partial charge in [0.25, 0.3) is 5.91 Å². The summed E-state index contributed by atoms with van der Waals surface area (Å²) in [6.07, 6.45) is 2.10. The molecule has 0 radical (unpaired) electrons. The maximum absolute atomic E-state index is 13.1. The van der Waals surface area contributed by atoms with Gasteiger partial charge in [-0.3, -0.25) is 36.4 Å². The number of imide groups is 1. The second kappa shape index (κ2) is 19.7. The van der Waals surface area contributed by atoms with Crippen molar-refractivity contribution in [2.45, 2.75) is 52.0 Å². The van der Waals surface area contributed by atoms with Gasteiger partial charge < -0.3 is 19.7 Å². The van der Waals surface area contributed by atoms with Crippen molar-refractivity contribution < 1.29 is 28.7 Å². The van der Waals surface area contributed by atoms with Crippen molar-refractivity contribution in [1.29, 1.82) is 10.8 Å². The molecular formula is C29H45N7O6S2. The third-order valence-corrected chi connectivity index (χ3v) is 9.36. The highest BCUT2D eigenvalue weighted by molar-refractivity contribution is 8.76. The molecule has 1 fully saturated rings. The van der Waals surface area contributed by atoms with Crippen LogP contribution in [0, 0.1) is 28.6 Å². The average molecular weight is 652 g/mol. The minimum absolute atomic E-state index is 0.0492. The lowest BCUT2D eigenvalue weighted by Gasteiger charge is -2.31. The first-order valence-electron chi connectivity index (χ1n) is 14.6. The number of amides is 4. The summed E-state index contributed by atoms with van der Waals surface area (Å²) >= 11 is 0. The van der Waals surface area contributed by atoms with Crippen molar-refractivity contribution >= 4 is 57.5 Å². The van der Waals surface area contributed by atoms with Crippen LogP contribution in [0.15, 0.2) is 30.3 Å². The van der Waals surface area contributed by atoms with E-state index in [0.29, 0.717) is 23.3 Å². The van der Waals surface area contributed by atoms with E-state index < -0.39 is 24.1 Å². The van der Waals surface area contributed by atoms with Crippen molar-refractivity contribution in [3.05, 3.63) is 35.9 Å². The molecule has 1 atom stereocenters. The van der Waals surface area contributed by atoms with E-state index >= 15 is 0 Å². The Bertz CT molecular complexity index is 1110. The third-order valence-electron chi connectivity index (χ3n) is 7.03. The van der Waals surface area contributed by atoms with Crippen LogP contribution < -0.4 is 21.3 Å². The van der Waals surface area contributed by atoms with Gasteiger partial charge in [-0.25, -0.2) is 9.59 Å². The van der Waals surface area contributed by atoms with Crippen LogP contribution in [0.3, 0.4) is 0 Å². The maximum atomic E-state index is 13.1. The Balaban J connectivity index is 1.68. The fourth-order valence-electron chi connectivity index (χ4n) is 4.47. The minimum atomic E-state index is -0.915. The van der Waals surface area contributed by atoms with Gasteiger partial charge in [0.15, 0.2) is 5.96 Å². The van der Waals surface area contributed by atoms with Crippen LogP contribution in [-0.2, 0) is 25.5 Å². The number of hydrogen-bond acceptors (Lipinski definition) is 10. The molecule has 0 aliphatic heterocycles. The summed E-state index contributed by atoms with van der Waals surface area (Å²) in [7, 11) is 6.04. The molecule has 4 amide bonds. The Hall–Kier alpha value is -3.46. The lowest BCUT2D eigenvalue weighted by Crippen LogP contribution is -2.51. The zero-order valence-electron chi connectivity index (χ0n) is 25.8. The molecule has 0 bridgehead atoms. The van der Waals surface area contributed by atoms with Crippen molar-refractivity contribution in [1.82, 2.24) is 26.2 Å². The second-order valence-electron chi connectivity index (χ2n) is 10.9. The molecule has 1 aromatic carbocycles. The molecule has 1 aliphatic rings. The number of nitrogens with one attached hydrogen (secondary N) is 6. The van der Waals surface area contributed by atoms with Gasteiger partial charge in [0.1, 0.15) is 19.3 Å². The van der Waals surface area contributed by atoms with E-state index in [-0.39, 0.29) is 43.4 Å². The van der Waals surface area contributed by atoms with Crippen molar-refractivity contribution in [3.8, 4) is 0 Å². The number of alkyl carbamates (subject to hydrolysis) is 2. The quantitative estimate of drug-likeness (QED) is 0.0797. The SMILES string of the molecule is CC(C)[C@H]1CC[C@H](C(=O)N[C@H](Cc2ccccc2)C(=O)NC(=O)OCCSSCCOC(=O)NC(=N)NC(=N)N(C)C)CC1. The van der Waals surface area contributed by atoms with Gasteiger partial charge in [0.2, 0.25) is 11.9 Å². The Morgan fingerprint density at radius 1 is 0.886 bits per heavy atom. The largest absolute Gasteiger partial charge is 0.448 e. The normalized spacial score (nSPS) is 16.7. The van der Waals surface area contributed by atoms with Crippen molar-refractivity contribution in [2.24, 2.45) is 17.8 Å². The van der Waals surface area contributed by atoms with Crippen LogP contribution in [-0.4, -0.2) is 85.7 Å². The van der Waals surface area contributed by atoms with Crippen LogP contribution in [0.4, 0.5) is 9.59 Å². The van der Waals surface area contributed by atoms with E-state index in [1.807, 2.05) is 30.3 Å². The minimum Gasteiger partial charge on any atom is -0.448 e. The number of carbonyl (C=O) groups excluding carboxylic acids is 4. The first-order chi connectivity index (χ1) is 21.0. The van der Waals surface area contributed by atoms with Gasteiger partial charge in [-0.2, -0.15) is 0 Å². The third kappa shape index (κ3) is 14.3. The van der Waals surface area contributed by atoms with Gasteiger partial charge in [0.05, 0.1) is 0 Å². The molecule has 44 heavy (non-hydrogen) atoms. The number of benzene rings is 1. The number of rotatable bonds is 13. The Kier molecular flexibility index (Phi) is 16.5. The molecule has 1 saturated carbocycles. The summed E-state index contributed by atoms with van der Waals surface area (Å²) in [4.78, 5) is 51.5. The maximum Gasteiger partial charge on any atom is 0.413 e. The lowest BCUT2D eigenvalue weighted by atomic mass is 9.76. The molecule has 0 heterocycles.